The van der Waals surface area contributed by atoms with E-state index in [4.69, 9.17) is 11.5 Å². The van der Waals surface area contributed by atoms with Crippen LogP contribution in [0.4, 0.5) is 11.4 Å². The summed E-state index contributed by atoms with van der Waals surface area (Å²) in [7, 11) is 0. The van der Waals surface area contributed by atoms with Gasteiger partial charge in [0.1, 0.15) is 0 Å². The van der Waals surface area contributed by atoms with E-state index in [0.29, 0.717) is 17.8 Å². The summed E-state index contributed by atoms with van der Waals surface area (Å²) in [6, 6.07) is 32.5. The maximum absolute atomic E-state index is 6.19. The van der Waals surface area contributed by atoms with E-state index in [1.807, 2.05) is 0 Å². The molecule has 51 heavy (non-hydrogen) atoms. The van der Waals surface area contributed by atoms with E-state index in [9.17, 15) is 0 Å². The summed E-state index contributed by atoms with van der Waals surface area (Å²) in [6.07, 6.45) is 21.8. The molecule has 4 aromatic rings. The molecule has 0 saturated carbocycles. The van der Waals surface area contributed by atoms with Crippen LogP contribution in [0.3, 0.4) is 0 Å². The first-order valence-electron chi connectivity index (χ1n) is 20.8. The van der Waals surface area contributed by atoms with Crippen molar-refractivity contribution in [3.05, 3.63) is 129 Å². The van der Waals surface area contributed by atoms with Gasteiger partial charge in [-0.2, -0.15) is 0 Å². The van der Waals surface area contributed by atoms with Crippen molar-refractivity contribution in [3.8, 4) is 0 Å². The van der Waals surface area contributed by atoms with Crippen molar-refractivity contribution in [2.75, 3.05) is 11.5 Å². The van der Waals surface area contributed by atoms with Crippen LogP contribution in [-0.4, -0.2) is 0 Å². The highest BCUT2D eigenvalue weighted by Gasteiger charge is 2.21. The number of hydrogen-bond donors (Lipinski definition) is 2. The van der Waals surface area contributed by atoms with Crippen LogP contribution < -0.4 is 11.5 Å². The molecule has 0 aliphatic carbocycles. The average Bonchev–Trinajstić information content (AvgIpc) is 3.13. The van der Waals surface area contributed by atoms with Gasteiger partial charge in [0.25, 0.3) is 0 Å². The van der Waals surface area contributed by atoms with E-state index in [2.05, 4.69) is 120 Å². The lowest BCUT2D eigenvalue weighted by atomic mass is 9.81. The Morgan fingerprint density at radius 1 is 0.373 bits per heavy atom. The van der Waals surface area contributed by atoms with Crippen LogP contribution in [0.15, 0.2) is 84.9 Å². The van der Waals surface area contributed by atoms with Gasteiger partial charge in [0, 0.05) is 29.1 Å². The third kappa shape index (κ3) is 12.3. The molecule has 276 valence electrons. The normalized spacial score (nSPS) is 13.3. The summed E-state index contributed by atoms with van der Waals surface area (Å²) in [5.74, 6) is 1.21. The second kappa shape index (κ2) is 21.8. The van der Waals surface area contributed by atoms with Crippen molar-refractivity contribution in [2.45, 2.75) is 162 Å². The number of unbranched alkanes of at least 4 members (excludes halogenated alkanes) is 11. The lowest BCUT2D eigenvalue weighted by Gasteiger charge is -2.24. The molecule has 0 heterocycles. The Hall–Kier alpha value is -3.52. The molecule has 0 amide bonds. The highest BCUT2D eigenvalue weighted by molar-refractivity contribution is 5.50. The predicted octanol–water partition coefficient (Wildman–Crippen LogP) is 14.6. The number of benzene rings is 4. The molecule has 2 unspecified atom stereocenters. The van der Waals surface area contributed by atoms with E-state index >= 15 is 0 Å². The number of hydrogen-bond acceptors (Lipinski definition) is 2. The van der Waals surface area contributed by atoms with Crippen molar-refractivity contribution in [1.29, 1.82) is 0 Å². The summed E-state index contributed by atoms with van der Waals surface area (Å²) in [6.45, 7) is 11.4. The Morgan fingerprint density at radius 2 is 0.686 bits per heavy atom. The fourth-order valence-electron chi connectivity index (χ4n) is 8.30. The topological polar surface area (TPSA) is 52.0 Å². The van der Waals surface area contributed by atoms with Gasteiger partial charge in [0.2, 0.25) is 0 Å². The van der Waals surface area contributed by atoms with Gasteiger partial charge in [-0.15, -0.1) is 0 Å². The van der Waals surface area contributed by atoms with Crippen molar-refractivity contribution in [3.63, 3.8) is 0 Å². The van der Waals surface area contributed by atoms with E-state index in [1.165, 1.54) is 154 Å². The second-order valence-corrected chi connectivity index (χ2v) is 15.5. The molecule has 0 bridgehead atoms. The first-order chi connectivity index (χ1) is 24.9. The Labute approximate surface area is 312 Å². The Balaban J connectivity index is 1.57. The number of nitrogen functional groups attached to an aromatic ring is 2. The second-order valence-electron chi connectivity index (χ2n) is 15.5. The van der Waals surface area contributed by atoms with Crippen LogP contribution in [-0.2, 0) is 0 Å². The number of anilines is 2. The average molecular weight is 687 g/mol. The van der Waals surface area contributed by atoms with Crippen LogP contribution in [0.25, 0.3) is 0 Å². The Morgan fingerprint density at radius 3 is 1.04 bits per heavy atom. The first kappa shape index (κ1) is 40.3. The summed E-state index contributed by atoms with van der Waals surface area (Å²) in [5.41, 5.74) is 25.3. The van der Waals surface area contributed by atoms with Crippen LogP contribution >= 0.6 is 0 Å². The maximum atomic E-state index is 6.19. The molecule has 2 nitrogen and oxygen atoms in total. The zero-order chi connectivity index (χ0) is 36.4. The van der Waals surface area contributed by atoms with E-state index in [-0.39, 0.29) is 0 Å². The van der Waals surface area contributed by atoms with Crippen LogP contribution in [0.2, 0.25) is 0 Å². The lowest BCUT2D eigenvalue weighted by molar-refractivity contribution is 0.567. The minimum Gasteiger partial charge on any atom is -0.399 e. The third-order valence-corrected chi connectivity index (χ3v) is 11.4. The van der Waals surface area contributed by atoms with Gasteiger partial charge < -0.3 is 11.5 Å². The molecule has 0 saturated heterocycles. The fraction of sp³-hybridized carbons (Fsp3) is 0.510. The van der Waals surface area contributed by atoms with Crippen LogP contribution in [0.5, 0.6) is 0 Å². The predicted molar refractivity (Wildman–Crippen MR) is 225 cm³/mol. The highest BCUT2D eigenvalue weighted by atomic mass is 14.5. The van der Waals surface area contributed by atoms with Crippen molar-refractivity contribution < 1.29 is 0 Å². The minimum absolute atomic E-state index is 0.401. The molecular formula is C49H70N2. The van der Waals surface area contributed by atoms with Gasteiger partial charge >= 0.3 is 0 Å². The van der Waals surface area contributed by atoms with Crippen molar-refractivity contribution in [1.82, 2.24) is 0 Å². The molecule has 0 aliphatic rings. The van der Waals surface area contributed by atoms with Gasteiger partial charge in [0.05, 0.1) is 0 Å². The quantitative estimate of drug-likeness (QED) is 0.0603. The third-order valence-electron chi connectivity index (χ3n) is 11.4. The number of aryl methyl sites for hydroxylation is 2. The molecule has 0 spiro atoms. The molecule has 0 radical (unpaired) electrons. The molecule has 2 heteroatoms. The standard InChI is InChI=1S/C49H70N2/c1-6-9-12-14-16-18-21-48(45-33-31-43(50)35-37(45)4)41-27-23-39(24-28-41)47(20-11-8-3)40-25-29-42(30-26-40)49(22-19-17-15-13-10-7-2)46-34-32-44(51)36-38(46)5/h23-36,47-49H,6-22,50-51H2,1-5H3. The van der Waals surface area contributed by atoms with Gasteiger partial charge in [-0.3, -0.25) is 0 Å². The Kier molecular flexibility index (Phi) is 17.2. The zero-order valence-corrected chi connectivity index (χ0v) is 33.0. The fourth-order valence-corrected chi connectivity index (χ4v) is 8.30. The summed E-state index contributed by atoms with van der Waals surface area (Å²) < 4.78 is 0. The lowest BCUT2D eigenvalue weighted by Crippen LogP contribution is -2.07. The van der Waals surface area contributed by atoms with Crippen molar-refractivity contribution in [2.24, 2.45) is 0 Å². The van der Waals surface area contributed by atoms with E-state index in [1.54, 1.807) is 0 Å². The van der Waals surface area contributed by atoms with Crippen molar-refractivity contribution >= 4 is 11.4 Å². The molecule has 0 aromatic heterocycles. The molecular weight excluding hydrogens is 617 g/mol. The zero-order valence-electron chi connectivity index (χ0n) is 33.0. The molecule has 2 atom stereocenters. The molecule has 0 fully saturated rings. The Bertz CT molecular complexity index is 1440. The molecule has 4 aromatic carbocycles. The van der Waals surface area contributed by atoms with E-state index < -0.39 is 0 Å². The van der Waals surface area contributed by atoms with Gasteiger partial charge in [0.15, 0.2) is 0 Å². The molecule has 4 rings (SSSR count). The number of rotatable bonds is 23. The highest BCUT2D eigenvalue weighted by Crippen LogP contribution is 2.38. The van der Waals surface area contributed by atoms with Gasteiger partial charge in [-0.05, 0) is 102 Å². The van der Waals surface area contributed by atoms with Crippen LogP contribution in [0.1, 0.15) is 192 Å². The smallest absolute Gasteiger partial charge is 0.0316 e. The SMILES string of the molecule is CCCCCCCCC(c1ccc(C(CCCC)c2ccc(C(CCCCCCCC)c3ccc(N)cc3C)cc2)cc1)c1ccc(N)cc1C. The van der Waals surface area contributed by atoms with Gasteiger partial charge in [-0.25, -0.2) is 0 Å². The van der Waals surface area contributed by atoms with Crippen LogP contribution in [0, 0.1) is 13.8 Å². The minimum atomic E-state index is 0.401. The van der Waals surface area contributed by atoms with Gasteiger partial charge in [-0.1, -0.05) is 171 Å². The monoisotopic (exact) mass is 687 g/mol. The summed E-state index contributed by atoms with van der Waals surface area (Å²) in [4.78, 5) is 0. The van der Waals surface area contributed by atoms with E-state index in [0.717, 1.165) is 11.4 Å². The summed E-state index contributed by atoms with van der Waals surface area (Å²) in [5, 5.41) is 0. The maximum Gasteiger partial charge on any atom is 0.0316 e. The molecule has 0 aliphatic heterocycles. The largest absolute Gasteiger partial charge is 0.399 e. The number of nitrogens with two attached hydrogens (primary N) is 2. The molecule has 4 N–H and O–H groups in total. The summed E-state index contributed by atoms with van der Waals surface area (Å²) >= 11 is 0. The first-order valence-corrected chi connectivity index (χ1v) is 20.8.